The van der Waals surface area contributed by atoms with E-state index in [4.69, 9.17) is 11.5 Å². The van der Waals surface area contributed by atoms with Gasteiger partial charge in [-0.1, -0.05) is 12.1 Å². The quantitative estimate of drug-likeness (QED) is 0.115. The number of phenols is 1. The lowest BCUT2D eigenvalue weighted by Crippen LogP contribution is -2.65. The number of primary amides is 2. The van der Waals surface area contributed by atoms with Gasteiger partial charge in [0, 0.05) is 6.42 Å². The molecule has 1 aromatic carbocycles. The van der Waals surface area contributed by atoms with Gasteiger partial charge in [-0.15, -0.1) is 0 Å². The predicted molar refractivity (Wildman–Crippen MR) is 166 cm³/mol. The van der Waals surface area contributed by atoms with Crippen LogP contribution in [0.2, 0.25) is 0 Å². The Morgan fingerprint density at radius 2 is 0.878 bits per heavy atom. The van der Waals surface area contributed by atoms with Gasteiger partial charge in [0.25, 0.3) is 0 Å². The minimum absolute atomic E-state index is 0.119. The van der Waals surface area contributed by atoms with Crippen molar-refractivity contribution in [2.24, 2.45) is 11.5 Å². The van der Waals surface area contributed by atoms with E-state index < -0.39 is 115 Å². The number of nitrogens with two attached hydrogens (primary N) is 2. The number of carbonyl (C=O) groups is 8. The third-order valence-electron chi connectivity index (χ3n) is 7.27. The Kier molecular flexibility index (Phi) is 14.4. The van der Waals surface area contributed by atoms with Crippen molar-refractivity contribution in [3.8, 4) is 5.75 Å². The summed E-state index contributed by atoms with van der Waals surface area (Å²) in [5, 5.41) is 53.9. The molecule has 270 valence electrons. The molecule has 2 rings (SSSR count). The van der Waals surface area contributed by atoms with Crippen LogP contribution in [0.1, 0.15) is 39.2 Å². The molecule has 0 aliphatic carbocycles. The van der Waals surface area contributed by atoms with Crippen molar-refractivity contribution in [2.75, 3.05) is 0 Å². The Morgan fingerprint density at radius 3 is 1.24 bits per heavy atom. The molecule has 1 saturated heterocycles. The van der Waals surface area contributed by atoms with Gasteiger partial charge in [0.2, 0.25) is 47.3 Å². The summed E-state index contributed by atoms with van der Waals surface area (Å²) in [6.45, 7) is 3.28. The van der Waals surface area contributed by atoms with Crippen molar-refractivity contribution in [1.29, 1.82) is 0 Å². The molecule has 20 heteroatoms. The van der Waals surface area contributed by atoms with E-state index >= 15 is 0 Å². The van der Waals surface area contributed by atoms with Crippen molar-refractivity contribution < 1.29 is 58.8 Å². The zero-order valence-corrected chi connectivity index (χ0v) is 26.8. The highest BCUT2D eigenvalue weighted by Gasteiger charge is 2.38. The Labute approximate surface area is 279 Å². The monoisotopic (exact) mass is 694 g/mol. The van der Waals surface area contributed by atoms with E-state index in [1.165, 1.54) is 24.3 Å². The second-order valence-electron chi connectivity index (χ2n) is 11.6. The molecule has 1 fully saturated rings. The van der Waals surface area contributed by atoms with Gasteiger partial charge in [0.05, 0.1) is 31.2 Å². The SMILES string of the molecule is C[C@@H](O)[C@@H]1NC(=O)[C@H](Cc2ccc(O)cc2)NC(=O)[C@H](CC(N)=O)NC(=O)[C@H]([C@@H](C)O)NC(=O)[C@H]([C@@H](C)O)NC(=O)[C@H](CC(N)=O)NC1=O. The number of aliphatic hydroxyl groups is 3. The molecule has 0 saturated carbocycles. The van der Waals surface area contributed by atoms with E-state index in [2.05, 4.69) is 31.9 Å². The molecule has 0 spiro atoms. The number of nitrogens with one attached hydrogen (secondary N) is 6. The van der Waals surface area contributed by atoms with E-state index in [1.54, 1.807) is 0 Å². The minimum atomic E-state index is -1.86. The fourth-order valence-corrected chi connectivity index (χ4v) is 4.66. The Bertz CT molecular complexity index is 1420. The molecule has 1 heterocycles. The molecule has 49 heavy (non-hydrogen) atoms. The van der Waals surface area contributed by atoms with Crippen LogP contribution < -0.4 is 43.4 Å². The van der Waals surface area contributed by atoms with Crippen LogP contribution >= 0.6 is 0 Å². The average Bonchev–Trinajstić information content (AvgIpc) is 2.99. The first kappa shape index (κ1) is 39.8. The molecule has 1 aromatic rings. The summed E-state index contributed by atoms with van der Waals surface area (Å²) in [6, 6.07) is -5.32. The highest BCUT2D eigenvalue weighted by molar-refractivity contribution is 6.00. The first-order valence-electron chi connectivity index (χ1n) is 15.0. The third kappa shape index (κ3) is 12.0. The van der Waals surface area contributed by atoms with Crippen LogP contribution in [-0.4, -0.2) is 122 Å². The van der Waals surface area contributed by atoms with Gasteiger partial charge in [-0.05, 0) is 38.5 Å². The maximum Gasteiger partial charge on any atom is 0.245 e. The largest absolute Gasteiger partial charge is 0.508 e. The summed E-state index contributed by atoms with van der Waals surface area (Å²) in [7, 11) is 0. The van der Waals surface area contributed by atoms with Crippen LogP contribution in [-0.2, 0) is 44.8 Å². The van der Waals surface area contributed by atoms with E-state index in [1.807, 2.05) is 0 Å². The highest BCUT2D eigenvalue weighted by Crippen LogP contribution is 2.13. The standard InChI is InChI=1S/C29H42N8O12/c1-11(38)21-27(47)34-18(10-20(31)43)26(46)36-23(13(3)40)29(49)37-22(12(2)39)28(48)33-17(9-19(30)42)24(44)32-16(25(45)35-21)8-14-4-6-15(41)7-5-14/h4-7,11-13,16-18,21-23,38-41H,8-10H2,1-3H3,(H2,30,42)(H2,31,43)(H,32,44)(H,33,48)(H,34,47)(H,35,45)(H,36,46)(H,37,49)/t11-,12-,13-,16+,17+,18+,21+,22+,23+/m1/s1. The number of aromatic hydroxyl groups is 1. The third-order valence-corrected chi connectivity index (χ3v) is 7.27. The molecule has 0 radical (unpaired) electrons. The Hall–Kier alpha value is -5.34. The number of aliphatic hydroxyl groups excluding tert-OH is 3. The molecular formula is C29H42N8O12. The summed E-state index contributed by atoms with van der Waals surface area (Å²) in [6.07, 6.45) is -6.94. The fraction of sp³-hybridized carbons (Fsp3) is 0.517. The average molecular weight is 695 g/mol. The molecular weight excluding hydrogens is 652 g/mol. The molecule has 20 nitrogen and oxygen atoms in total. The number of phenolic OH excluding ortho intramolecular Hbond substituents is 1. The zero-order valence-electron chi connectivity index (χ0n) is 26.8. The maximum atomic E-state index is 13.6. The van der Waals surface area contributed by atoms with Gasteiger partial charge >= 0.3 is 0 Å². The van der Waals surface area contributed by atoms with E-state index in [0.717, 1.165) is 20.8 Å². The summed E-state index contributed by atoms with van der Waals surface area (Å²) < 4.78 is 0. The van der Waals surface area contributed by atoms with Gasteiger partial charge in [0.15, 0.2) is 0 Å². The molecule has 9 atom stereocenters. The van der Waals surface area contributed by atoms with Crippen LogP contribution in [0, 0.1) is 0 Å². The molecule has 0 bridgehead atoms. The fourth-order valence-electron chi connectivity index (χ4n) is 4.66. The van der Waals surface area contributed by atoms with E-state index in [9.17, 15) is 58.8 Å². The molecule has 1 aliphatic rings. The highest BCUT2D eigenvalue weighted by atomic mass is 16.3. The van der Waals surface area contributed by atoms with Crippen LogP contribution in [0.5, 0.6) is 5.75 Å². The van der Waals surface area contributed by atoms with Crippen LogP contribution in [0.4, 0.5) is 0 Å². The first-order valence-corrected chi connectivity index (χ1v) is 15.0. The summed E-state index contributed by atoms with van der Waals surface area (Å²) >= 11 is 0. The number of hydrogen-bond donors (Lipinski definition) is 12. The Morgan fingerprint density at radius 1 is 0.571 bits per heavy atom. The second kappa shape index (κ2) is 17.7. The van der Waals surface area contributed by atoms with Gasteiger partial charge in [0.1, 0.15) is 42.0 Å². The number of hydrogen-bond acceptors (Lipinski definition) is 12. The summed E-state index contributed by atoms with van der Waals surface area (Å²) in [5.41, 5.74) is 10.9. The molecule has 0 unspecified atom stereocenters. The predicted octanol–water partition coefficient (Wildman–Crippen LogP) is -6.25. The van der Waals surface area contributed by atoms with Crippen molar-refractivity contribution in [3.63, 3.8) is 0 Å². The lowest BCUT2D eigenvalue weighted by molar-refractivity contribution is -0.140. The van der Waals surface area contributed by atoms with E-state index in [-0.39, 0.29) is 12.2 Å². The van der Waals surface area contributed by atoms with E-state index in [0.29, 0.717) is 5.56 Å². The molecule has 0 aromatic heterocycles. The minimum Gasteiger partial charge on any atom is -0.508 e. The zero-order chi connectivity index (χ0) is 37.2. The van der Waals surface area contributed by atoms with Crippen LogP contribution in [0.25, 0.3) is 0 Å². The van der Waals surface area contributed by atoms with Crippen molar-refractivity contribution >= 4 is 47.3 Å². The lowest BCUT2D eigenvalue weighted by atomic mass is 10.0. The van der Waals surface area contributed by atoms with Gasteiger partial charge in [-0.2, -0.15) is 0 Å². The van der Waals surface area contributed by atoms with Crippen molar-refractivity contribution in [1.82, 2.24) is 31.9 Å². The Balaban J connectivity index is 2.68. The maximum absolute atomic E-state index is 13.6. The van der Waals surface area contributed by atoms with Crippen LogP contribution in [0.3, 0.4) is 0 Å². The topological polar surface area (TPSA) is 342 Å². The number of rotatable bonds is 9. The first-order chi connectivity index (χ1) is 22.8. The summed E-state index contributed by atoms with van der Waals surface area (Å²) in [4.78, 5) is 104. The van der Waals surface area contributed by atoms with Crippen molar-refractivity contribution in [3.05, 3.63) is 29.8 Å². The second-order valence-corrected chi connectivity index (χ2v) is 11.6. The number of carbonyl (C=O) groups excluding carboxylic acids is 8. The van der Waals surface area contributed by atoms with Gasteiger partial charge < -0.3 is 63.8 Å². The molecule has 1 aliphatic heterocycles. The molecule has 14 N–H and O–H groups in total. The smallest absolute Gasteiger partial charge is 0.245 e. The van der Waals surface area contributed by atoms with Crippen LogP contribution in [0.15, 0.2) is 24.3 Å². The van der Waals surface area contributed by atoms with Gasteiger partial charge in [-0.3, -0.25) is 38.4 Å². The summed E-state index contributed by atoms with van der Waals surface area (Å²) in [5.74, 6) is -9.37. The normalized spacial score (nSPS) is 26.6. The lowest BCUT2D eigenvalue weighted by Gasteiger charge is -2.30. The van der Waals surface area contributed by atoms with Crippen molar-refractivity contribution in [2.45, 2.75) is 94.6 Å². The number of benzene rings is 1. The molecule has 8 amide bonds. The van der Waals surface area contributed by atoms with Gasteiger partial charge in [-0.25, -0.2) is 0 Å². The number of amides is 8.